The number of nitrogens with zero attached hydrogens (tertiary/aromatic N) is 8. The molecule has 7 rings (SSSR count). The summed E-state index contributed by atoms with van der Waals surface area (Å²) in [5, 5.41) is 19.9. The first-order valence-corrected chi connectivity index (χ1v) is 25.7. The van der Waals surface area contributed by atoms with Gasteiger partial charge in [-0.2, -0.15) is 10.4 Å². The number of ether oxygens (including phenoxy) is 1. The van der Waals surface area contributed by atoms with Crippen LogP contribution in [0.5, 0.6) is 5.75 Å². The third-order valence-electron chi connectivity index (χ3n) is 14.6. The number of likely N-dealkylation sites (tertiary alicyclic amines) is 1. The van der Waals surface area contributed by atoms with E-state index in [0.717, 1.165) is 85.6 Å². The van der Waals surface area contributed by atoms with Crippen LogP contribution in [0.3, 0.4) is 0 Å². The van der Waals surface area contributed by atoms with Gasteiger partial charge in [-0.05, 0) is 151 Å². The Hall–Kier alpha value is -7.26. The molecule has 2 aliphatic rings. The Bertz CT molecular complexity index is 2820. The van der Waals surface area contributed by atoms with Gasteiger partial charge in [-0.3, -0.25) is 19.2 Å². The maximum Gasteiger partial charge on any atom is 0.254 e. The van der Waals surface area contributed by atoms with Crippen LogP contribution in [-0.2, 0) is 25.7 Å². The monoisotopic (exact) mass is 1010 g/mol. The fourth-order valence-electron chi connectivity index (χ4n) is 10.4. The molecule has 74 heavy (non-hydrogen) atoms. The highest BCUT2D eigenvalue weighted by Crippen LogP contribution is 2.34. The molecule has 2 fully saturated rings. The van der Waals surface area contributed by atoms with Crippen LogP contribution in [0.2, 0.25) is 0 Å². The van der Waals surface area contributed by atoms with Gasteiger partial charge in [-0.15, -0.1) is 0 Å². The lowest BCUT2D eigenvalue weighted by molar-refractivity contribution is -0.134. The van der Waals surface area contributed by atoms with E-state index in [4.69, 9.17) is 9.72 Å². The van der Waals surface area contributed by atoms with Gasteiger partial charge in [-0.1, -0.05) is 18.2 Å². The molecule has 2 aromatic carbocycles. The van der Waals surface area contributed by atoms with Crippen LogP contribution in [0.15, 0.2) is 73.2 Å². The average Bonchev–Trinajstić information content (AvgIpc) is 3.83. The molecule has 1 unspecified atom stereocenters. The number of nitrogens with one attached hydrogen (secondary N) is 2. The van der Waals surface area contributed by atoms with E-state index in [-0.39, 0.29) is 43.8 Å². The van der Waals surface area contributed by atoms with Gasteiger partial charge in [0.25, 0.3) is 5.91 Å². The molecule has 0 radical (unpaired) electrons. The van der Waals surface area contributed by atoms with Crippen molar-refractivity contribution in [2.75, 3.05) is 57.8 Å². The molecule has 3 aromatic heterocycles. The molecule has 4 amide bonds. The van der Waals surface area contributed by atoms with Crippen molar-refractivity contribution in [3.05, 3.63) is 113 Å². The van der Waals surface area contributed by atoms with Crippen LogP contribution in [0.25, 0.3) is 16.6 Å². The zero-order chi connectivity index (χ0) is 52.9. The third-order valence-corrected chi connectivity index (χ3v) is 14.6. The summed E-state index contributed by atoms with van der Waals surface area (Å²) in [6, 6.07) is 16.1. The van der Waals surface area contributed by atoms with E-state index in [1.165, 1.54) is 23.7 Å². The molecule has 1 atom stereocenters. The Morgan fingerprint density at radius 3 is 2.42 bits per heavy atom. The quantitative estimate of drug-likeness (QED) is 0.0492. The Kier molecular flexibility index (Phi) is 18.5. The van der Waals surface area contributed by atoms with E-state index in [2.05, 4.69) is 43.7 Å². The minimum atomic E-state index is -0.959. The number of aldehydes is 1. The topological polar surface area (TPSA) is 186 Å². The van der Waals surface area contributed by atoms with E-state index in [9.17, 15) is 33.6 Å². The summed E-state index contributed by atoms with van der Waals surface area (Å²) in [5.41, 5.74) is 4.44. The summed E-state index contributed by atoms with van der Waals surface area (Å²) in [7, 11) is 1.52. The number of aromatic nitrogens is 3. The summed E-state index contributed by atoms with van der Waals surface area (Å²) >= 11 is 0. The van der Waals surface area contributed by atoms with Crippen LogP contribution in [0.4, 0.5) is 14.6 Å². The minimum absolute atomic E-state index is 0.0376. The minimum Gasteiger partial charge on any atom is -0.492 e. The van der Waals surface area contributed by atoms with Crippen molar-refractivity contribution in [2.24, 2.45) is 0 Å². The number of halogens is 2. The van der Waals surface area contributed by atoms with Crippen molar-refractivity contribution in [1.82, 2.24) is 39.9 Å². The second kappa shape index (κ2) is 25.1. The number of pyridine rings is 2. The molecule has 5 aromatic rings. The molecule has 5 heterocycles. The number of fused-ring (bicyclic) bond motifs is 1. The van der Waals surface area contributed by atoms with Crippen molar-refractivity contribution in [1.29, 1.82) is 5.26 Å². The van der Waals surface area contributed by atoms with Crippen LogP contribution in [0.1, 0.15) is 117 Å². The molecule has 0 bridgehead atoms. The zero-order valence-corrected chi connectivity index (χ0v) is 43.1. The van der Waals surface area contributed by atoms with E-state index < -0.39 is 34.7 Å². The molecule has 0 spiro atoms. The predicted molar refractivity (Wildman–Crippen MR) is 277 cm³/mol. The fraction of sp³-hybridized carbons (Fsp3) is 0.464. The fourth-order valence-corrected chi connectivity index (χ4v) is 10.4. The lowest BCUT2D eigenvalue weighted by Gasteiger charge is -2.46. The number of amides is 4. The van der Waals surface area contributed by atoms with Crippen molar-refractivity contribution >= 4 is 41.8 Å². The number of anilines is 1. The Morgan fingerprint density at radius 1 is 1.00 bits per heavy atom. The van der Waals surface area contributed by atoms with E-state index >= 15 is 4.39 Å². The van der Waals surface area contributed by atoms with Gasteiger partial charge in [-0.25, -0.2) is 18.3 Å². The van der Waals surface area contributed by atoms with Gasteiger partial charge in [0.15, 0.2) is 0 Å². The smallest absolute Gasteiger partial charge is 0.254 e. The van der Waals surface area contributed by atoms with E-state index in [1.54, 1.807) is 21.8 Å². The zero-order valence-electron chi connectivity index (χ0n) is 43.1. The SMILES string of the molecule is CCOc1cc(-c2ccc(N3CCC(CN(C(=O)CCCCN4CCC(c5ccc(CN(C=O)C(CCC=O)C(=O)NC)c(C)c5)CC4)C(C)C)(NC(=O)c4cc(F)ccc4F)CC3)nc2)c2c(C#N)cnn2c1. The number of hydrogen-bond acceptors (Lipinski definition) is 11. The number of benzene rings is 2. The maximum absolute atomic E-state index is 15.0. The van der Waals surface area contributed by atoms with Crippen molar-refractivity contribution in [2.45, 2.75) is 116 Å². The Morgan fingerprint density at radius 2 is 1.77 bits per heavy atom. The summed E-state index contributed by atoms with van der Waals surface area (Å²) in [6.45, 7) is 12.3. The van der Waals surface area contributed by atoms with Gasteiger partial charge in [0.2, 0.25) is 18.2 Å². The van der Waals surface area contributed by atoms with Gasteiger partial charge in [0.1, 0.15) is 41.6 Å². The first-order valence-electron chi connectivity index (χ1n) is 25.7. The predicted octanol–water partition coefficient (Wildman–Crippen LogP) is 7.36. The number of hydrogen-bond donors (Lipinski definition) is 2. The van der Waals surface area contributed by atoms with Crippen LogP contribution >= 0.6 is 0 Å². The maximum atomic E-state index is 15.0. The summed E-state index contributed by atoms with van der Waals surface area (Å²) in [5.74, 6) is -0.976. The highest BCUT2D eigenvalue weighted by Gasteiger charge is 2.40. The van der Waals surface area contributed by atoms with Gasteiger partial charge in [0.05, 0.1) is 41.2 Å². The summed E-state index contributed by atoms with van der Waals surface area (Å²) in [4.78, 5) is 76.2. The number of piperidine rings is 2. The number of aryl methyl sites for hydroxylation is 1. The second-order valence-corrected chi connectivity index (χ2v) is 19.8. The molecular weight excluding hydrogens is 947 g/mol. The Labute approximate surface area is 432 Å². The average molecular weight is 1020 g/mol. The molecule has 2 saturated heterocycles. The van der Waals surface area contributed by atoms with Crippen LogP contribution in [0, 0.1) is 29.9 Å². The van der Waals surface area contributed by atoms with Crippen molar-refractivity contribution in [3.63, 3.8) is 0 Å². The van der Waals surface area contributed by atoms with Crippen molar-refractivity contribution < 1.29 is 37.5 Å². The third kappa shape index (κ3) is 13.1. The number of carbonyl (C=O) groups is 5. The first kappa shape index (κ1) is 54.5. The van der Waals surface area contributed by atoms with Crippen LogP contribution < -0.4 is 20.3 Å². The van der Waals surface area contributed by atoms with Crippen LogP contribution in [-0.4, -0.2) is 130 Å². The van der Waals surface area contributed by atoms with E-state index in [0.29, 0.717) is 80.4 Å². The molecular formula is C56H68F2N10O6. The molecule has 392 valence electrons. The lowest BCUT2D eigenvalue weighted by atomic mass is 9.85. The number of rotatable bonds is 23. The highest BCUT2D eigenvalue weighted by atomic mass is 19.1. The number of nitriles is 1. The van der Waals surface area contributed by atoms with E-state index in [1.807, 2.05) is 52.0 Å². The summed E-state index contributed by atoms with van der Waals surface area (Å²) < 4.78 is 36.8. The molecule has 0 aliphatic carbocycles. The van der Waals surface area contributed by atoms with Gasteiger partial charge < -0.3 is 39.8 Å². The first-order chi connectivity index (χ1) is 35.7. The number of unbranched alkanes of at least 4 members (excludes halogenated alkanes) is 1. The lowest BCUT2D eigenvalue weighted by Crippen LogP contribution is -2.62. The second-order valence-electron chi connectivity index (χ2n) is 19.8. The largest absolute Gasteiger partial charge is 0.492 e. The Balaban J connectivity index is 0.954. The standard InChI is InChI=1S/C56H68F2N10O6/c1-6-74-46-30-47(53-44(31-59)33-62-68(53)35-46)42-14-17-51(61-32-42)65-25-20-56(21-26-65,63-54(72)48-29-45(57)15-16-49(48)58)36-67(38(2)3)52(71)11-7-8-22-64-23-18-40(19-24-64)41-12-13-43(39(4)28-41)34-66(37-70)50(10-9-27-69)55(73)60-5/h12-17,27-30,32-33,35,37-38,40,50H,6-11,18-26,34,36H2,1-5H3,(H,60,73)(H,63,72). The van der Waals surface area contributed by atoms with Gasteiger partial charge >= 0.3 is 0 Å². The highest BCUT2D eigenvalue weighted by molar-refractivity contribution is 5.95. The normalized spacial score (nSPS) is 15.3. The molecule has 2 aliphatic heterocycles. The number of carbonyl (C=O) groups excluding carboxylic acids is 5. The van der Waals surface area contributed by atoms with Gasteiger partial charge in [0, 0.05) is 69.4 Å². The molecule has 16 nitrogen and oxygen atoms in total. The number of likely N-dealkylation sites (N-methyl/N-ethyl adjacent to an activating group) is 1. The molecule has 0 saturated carbocycles. The van der Waals surface area contributed by atoms with Crippen molar-refractivity contribution in [3.8, 4) is 22.9 Å². The molecule has 18 heteroatoms. The molecule has 2 N–H and O–H groups in total. The summed E-state index contributed by atoms with van der Waals surface area (Å²) in [6.07, 6.45) is 11.5.